The van der Waals surface area contributed by atoms with Crippen LogP contribution in [0.5, 0.6) is 0 Å². The highest BCUT2D eigenvalue weighted by molar-refractivity contribution is 7.99. The summed E-state index contributed by atoms with van der Waals surface area (Å²) in [5.41, 5.74) is 2.06. The third-order valence-corrected chi connectivity index (χ3v) is 5.31. The number of hydrogen-bond donors (Lipinski definition) is 0. The second kappa shape index (κ2) is 7.86. The molecule has 0 aromatic heterocycles. The van der Waals surface area contributed by atoms with Crippen molar-refractivity contribution in [3.05, 3.63) is 70.7 Å². The monoisotopic (exact) mass is 347 g/mol. The van der Waals surface area contributed by atoms with E-state index in [1.165, 1.54) is 0 Å². The second-order valence-corrected chi connectivity index (χ2v) is 6.91. The highest BCUT2D eigenvalue weighted by atomic mass is 35.5. The maximum Gasteiger partial charge on any atom is 0.249 e. The van der Waals surface area contributed by atoms with Gasteiger partial charge in [-0.3, -0.25) is 4.79 Å². The van der Waals surface area contributed by atoms with Gasteiger partial charge >= 0.3 is 0 Å². The number of halogens is 1. The molecule has 120 valence electrons. The molecular formula is C18H18ClNO2S. The summed E-state index contributed by atoms with van der Waals surface area (Å²) in [6.45, 7) is 1.27. The third kappa shape index (κ3) is 4.08. The Balaban J connectivity index is 1.59. The largest absolute Gasteiger partial charge is 0.367 e. The molecular weight excluding hydrogens is 330 g/mol. The topological polar surface area (TPSA) is 29.5 Å². The fraction of sp³-hybridized carbons (Fsp3) is 0.278. The van der Waals surface area contributed by atoms with Crippen LogP contribution in [-0.4, -0.2) is 29.7 Å². The van der Waals surface area contributed by atoms with Crippen LogP contribution in [0.4, 0.5) is 0 Å². The fourth-order valence-corrected chi connectivity index (χ4v) is 4.19. The molecule has 1 saturated heterocycles. The molecule has 1 atom stereocenters. The summed E-state index contributed by atoms with van der Waals surface area (Å²) in [6.07, 6.45) is 0. The van der Waals surface area contributed by atoms with Crippen molar-refractivity contribution >= 4 is 29.3 Å². The van der Waals surface area contributed by atoms with E-state index in [0.717, 1.165) is 23.4 Å². The lowest BCUT2D eigenvalue weighted by Crippen LogP contribution is -2.33. The second-order valence-electron chi connectivity index (χ2n) is 5.31. The number of benzene rings is 2. The molecule has 0 spiro atoms. The van der Waals surface area contributed by atoms with Crippen molar-refractivity contribution in [2.45, 2.75) is 12.0 Å². The van der Waals surface area contributed by atoms with E-state index in [2.05, 4.69) is 0 Å². The molecule has 2 aromatic rings. The van der Waals surface area contributed by atoms with Gasteiger partial charge in [0, 0.05) is 22.9 Å². The van der Waals surface area contributed by atoms with Crippen molar-refractivity contribution in [2.24, 2.45) is 0 Å². The molecule has 0 saturated carbocycles. The van der Waals surface area contributed by atoms with E-state index in [1.807, 2.05) is 59.5 Å². The van der Waals surface area contributed by atoms with Gasteiger partial charge in [0.25, 0.3) is 0 Å². The fourth-order valence-electron chi connectivity index (χ4n) is 2.57. The van der Waals surface area contributed by atoms with Crippen LogP contribution in [0.1, 0.15) is 16.5 Å². The summed E-state index contributed by atoms with van der Waals surface area (Å²) in [4.78, 5) is 14.3. The van der Waals surface area contributed by atoms with Crippen molar-refractivity contribution in [2.75, 3.05) is 18.9 Å². The highest BCUT2D eigenvalue weighted by Gasteiger charge is 2.31. The SMILES string of the molecule is O=C(COCc1ccccc1)N1CCSC1c1ccccc1Cl. The van der Waals surface area contributed by atoms with Crippen LogP contribution < -0.4 is 0 Å². The van der Waals surface area contributed by atoms with Gasteiger partial charge in [0.15, 0.2) is 0 Å². The normalized spacial score (nSPS) is 17.4. The molecule has 1 aliphatic heterocycles. The van der Waals surface area contributed by atoms with Gasteiger partial charge in [0.05, 0.1) is 6.61 Å². The van der Waals surface area contributed by atoms with Gasteiger partial charge in [-0.25, -0.2) is 0 Å². The number of ether oxygens (including phenoxy) is 1. The van der Waals surface area contributed by atoms with Crippen LogP contribution in [-0.2, 0) is 16.1 Å². The Hall–Kier alpha value is -1.49. The molecule has 0 N–H and O–H groups in total. The number of carbonyl (C=O) groups excluding carboxylic acids is 1. The van der Waals surface area contributed by atoms with Gasteiger partial charge in [-0.1, -0.05) is 60.1 Å². The molecule has 0 radical (unpaired) electrons. The molecule has 1 amide bonds. The van der Waals surface area contributed by atoms with Crippen molar-refractivity contribution in [3.8, 4) is 0 Å². The zero-order chi connectivity index (χ0) is 16.1. The van der Waals surface area contributed by atoms with Gasteiger partial charge in [0.1, 0.15) is 12.0 Å². The molecule has 1 unspecified atom stereocenters. The molecule has 3 rings (SSSR count). The first-order chi connectivity index (χ1) is 11.3. The van der Waals surface area contributed by atoms with E-state index in [0.29, 0.717) is 11.6 Å². The highest BCUT2D eigenvalue weighted by Crippen LogP contribution is 2.40. The number of rotatable bonds is 5. The number of hydrogen-bond acceptors (Lipinski definition) is 3. The van der Waals surface area contributed by atoms with Crippen molar-refractivity contribution < 1.29 is 9.53 Å². The van der Waals surface area contributed by atoms with E-state index < -0.39 is 0 Å². The van der Waals surface area contributed by atoms with E-state index >= 15 is 0 Å². The molecule has 1 fully saturated rings. The van der Waals surface area contributed by atoms with Gasteiger partial charge < -0.3 is 9.64 Å². The lowest BCUT2D eigenvalue weighted by molar-refractivity contribution is -0.136. The molecule has 2 aromatic carbocycles. The zero-order valence-electron chi connectivity index (χ0n) is 12.7. The molecule has 3 nitrogen and oxygen atoms in total. The summed E-state index contributed by atoms with van der Waals surface area (Å²) in [6, 6.07) is 17.6. The quantitative estimate of drug-likeness (QED) is 0.814. The average molecular weight is 348 g/mol. The molecule has 0 bridgehead atoms. The summed E-state index contributed by atoms with van der Waals surface area (Å²) < 4.78 is 5.57. The first-order valence-corrected chi connectivity index (χ1v) is 8.95. The van der Waals surface area contributed by atoms with Crippen LogP contribution in [0.2, 0.25) is 5.02 Å². The maximum atomic E-state index is 12.5. The minimum absolute atomic E-state index is 0.0100. The van der Waals surface area contributed by atoms with E-state index in [9.17, 15) is 4.79 Å². The number of thioether (sulfide) groups is 1. The van der Waals surface area contributed by atoms with Gasteiger partial charge in [-0.2, -0.15) is 0 Å². The van der Waals surface area contributed by atoms with Crippen molar-refractivity contribution in [3.63, 3.8) is 0 Å². The Morgan fingerprint density at radius 2 is 1.91 bits per heavy atom. The Kier molecular flexibility index (Phi) is 5.60. The Morgan fingerprint density at radius 1 is 1.17 bits per heavy atom. The summed E-state index contributed by atoms with van der Waals surface area (Å²) >= 11 is 8.02. The molecule has 5 heteroatoms. The third-order valence-electron chi connectivity index (χ3n) is 3.72. The molecule has 1 aliphatic rings. The van der Waals surface area contributed by atoms with E-state index in [1.54, 1.807) is 11.8 Å². The molecule has 23 heavy (non-hydrogen) atoms. The Labute approximate surface area is 145 Å². The zero-order valence-corrected chi connectivity index (χ0v) is 14.2. The van der Waals surface area contributed by atoms with Gasteiger partial charge in [-0.05, 0) is 11.6 Å². The Bertz CT molecular complexity index is 665. The molecule has 1 heterocycles. The first kappa shape index (κ1) is 16.4. The number of nitrogens with zero attached hydrogens (tertiary/aromatic N) is 1. The average Bonchev–Trinajstić information content (AvgIpc) is 3.06. The smallest absolute Gasteiger partial charge is 0.249 e. The standard InChI is InChI=1S/C18H18ClNO2S/c19-16-9-5-4-8-15(16)18-20(10-11-23-18)17(21)13-22-12-14-6-2-1-3-7-14/h1-9,18H,10-13H2. The minimum atomic E-state index is -0.0171. The van der Waals surface area contributed by atoms with Crippen LogP contribution in [0.25, 0.3) is 0 Å². The first-order valence-electron chi connectivity index (χ1n) is 7.53. The molecule has 0 aliphatic carbocycles. The van der Waals surface area contributed by atoms with Crippen LogP contribution in [0.15, 0.2) is 54.6 Å². The summed E-state index contributed by atoms with van der Waals surface area (Å²) in [5, 5.41) is 0.687. The van der Waals surface area contributed by atoms with Crippen molar-refractivity contribution in [1.82, 2.24) is 4.90 Å². The van der Waals surface area contributed by atoms with E-state index in [4.69, 9.17) is 16.3 Å². The summed E-state index contributed by atoms with van der Waals surface area (Å²) in [7, 11) is 0. The number of amides is 1. The summed E-state index contributed by atoms with van der Waals surface area (Å²) in [5.74, 6) is 0.927. The van der Waals surface area contributed by atoms with Crippen LogP contribution in [0, 0.1) is 0 Å². The van der Waals surface area contributed by atoms with Gasteiger partial charge in [-0.15, -0.1) is 11.8 Å². The number of carbonyl (C=O) groups is 1. The maximum absolute atomic E-state index is 12.5. The predicted molar refractivity (Wildman–Crippen MR) is 94.5 cm³/mol. The van der Waals surface area contributed by atoms with Crippen molar-refractivity contribution in [1.29, 1.82) is 0 Å². The predicted octanol–water partition coefficient (Wildman–Crippen LogP) is 4.13. The minimum Gasteiger partial charge on any atom is -0.367 e. The van der Waals surface area contributed by atoms with Crippen LogP contribution >= 0.6 is 23.4 Å². The van der Waals surface area contributed by atoms with Gasteiger partial charge in [0.2, 0.25) is 5.91 Å². The lowest BCUT2D eigenvalue weighted by atomic mass is 10.2. The lowest BCUT2D eigenvalue weighted by Gasteiger charge is -2.24. The van der Waals surface area contributed by atoms with Crippen LogP contribution in [0.3, 0.4) is 0 Å². The van der Waals surface area contributed by atoms with E-state index in [-0.39, 0.29) is 17.9 Å². The Morgan fingerprint density at radius 3 is 2.70 bits per heavy atom.